The molecule has 3 heterocycles. The molecular formula is C38H47N5O3S. The van der Waals surface area contributed by atoms with E-state index in [1.54, 1.807) is 0 Å². The fourth-order valence-electron chi connectivity index (χ4n) is 5.29. The van der Waals surface area contributed by atoms with Gasteiger partial charge in [-0.25, -0.2) is 9.97 Å². The summed E-state index contributed by atoms with van der Waals surface area (Å²) >= 11 is 1.47. The van der Waals surface area contributed by atoms with Crippen LogP contribution >= 0.6 is 11.3 Å². The zero-order valence-electron chi connectivity index (χ0n) is 28.0. The van der Waals surface area contributed by atoms with Crippen molar-refractivity contribution in [3.8, 4) is 28.3 Å². The van der Waals surface area contributed by atoms with Gasteiger partial charge < -0.3 is 20.7 Å². The number of carbonyl (C=O) groups excluding carboxylic acids is 2. The first-order valence-electron chi connectivity index (χ1n) is 16.8. The average Bonchev–Trinajstić information content (AvgIpc) is 3.57. The van der Waals surface area contributed by atoms with Crippen molar-refractivity contribution in [2.24, 2.45) is 0 Å². The van der Waals surface area contributed by atoms with Crippen LogP contribution in [-0.2, 0) is 16.6 Å². The maximum Gasteiger partial charge on any atom is 0.262 e. The molecule has 0 spiro atoms. The summed E-state index contributed by atoms with van der Waals surface area (Å²) in [6, 6.07) is 19.1. The van der Waals surface area contributed by atoms with Crippen molar-refractivity contribution in [2.45, 2.75) is 83.7 Å². The van der Waals surface area contributed by atoms with Crippen LogP contribution < -0.4 is 20.7 Å². The Hall–Kier alpha value is -4.08. The minimum atomic E-state index is -0.702. The topological polar surface area (TPSA) is 105 Å². The second kappa shape index (κ2) is 16.2. The molecule has 1 atom stereocenters. The van der Waals surface area contributed by atoms with E-state index >= 15 is 0 Å². The Morgan fingerprint density at radius 2 is 1.57 bits per heavy atom. The molecule has 1 saturated heterocycles. The quantitative estimate of drug-likeness (QED) is 0.120. The van der Waals surface area contributed by atoms with Gasteiger partial charge in [0.25, 0.3) is 5.91 Å². The van der Waals surface area contributed by atoms with Crippen LogP contribution in [0.1, 0.15) is 79.9 Å². The van der Waals surface area contributed by atoms with Crippen molar-refractivity contribution < 1.29 is 14.3 Å². The number of hydrogen-bond acceptors (Lipinski definition) is 7. The molecule has 2 aromatic heterocycles. The molecule has 1 fully saturated rings. The first-order valence-corrected chi connectivity index (χ1v) is 17.6. The Kier molecular flexibility index (Phi) is 11.8. The molecule has 47 heavy (non-hydrogen) atoms. The van der Waals surface area contributed by atoms with Crippen LogP contribution in [0, 0.1) is 0 Å². The molecule has 3 N–H and O–H groups in total. The Bertz CT molecular complexity index is 1590. The monoisotopic (exact) mass is 653 g/mol. The Balaban J connectivity index is 1.19. The minimum Gasteiger partial charge on any atom is -0.494 e. The van der Waals surface area contributed by atoms with E-state index in [1.165, 1.54) is 37.0 Å². The molecular weight excluding hydrogens is 607 g/mol. The maximum absolute atomic E-state index is 13.3. The van der Waals surface area contributed by atoms with Crippen molar-refractivity contribution in [1.29, 1.82) is 0 Å². The lowest BCUT2D eigenvalue weighted by Gasteiger charge is -2.30. The molecule has 2 amide bonds. The summed E-state index contributed by atoms with van der Waals surface area (Å²) in [6.07, 6.45) is 10.1. The second-order valence-corrected chi connectivity index (χ2v) is 14.4. The highest BCUT2D eigenvalue weighted by Crippen LogP contribution is 2.29. The summed E-state index contributed by atoms with van der Waals surface area (Å²) in [5.41, 5.74) is 3.73. The van der Waals surface area contributed by atoms with Crippen LogP contribution in [0.5, 0.6) is 5.75 Å². The van der Waals surface area contributed by atoms with Crippen LogP contribution in [0.3, 0.4) is 0 Å². The number of rotatable bonds is 15. The van der Waals surface area contributed by atoms with Gasteiger partial charge in [-0.1, -0.05) is 89.8 Å². The molecule has 2 aromatic carbocycles. The maximum atomic E-state index is 13.3. The van der Waals surface area contributed by atoms with Crippen LogP contribution in [0.2, 0.25) is 0 Å². The third-order valence-corrected chi connectivity index (χ3v) is 9.84. The van der Waals surface area contributed by atoms with E-state index in [9.17, 15) is 9.59 Å². The molecule has 1 unspecified atom stereocenters. The predicted octanol–water partition coefficient (Wildman–Crippen LogP) is 6.95. The summed E-state index contributed by atoms with van der Waals surface area (Å²) < 4.78 is 5.90. The Labute approximate surface area is 282 Å². The minimum absolute atomic E-state index is 0.0449. The number of thiophene rings is 1. The SMILES string of the molecule is CCCCCCCOc1ccc(-c2cnc(-c3ccc(CC(NC(=O)c4ccc(C(C)(C)C)s4)C(=O)NC4CNC4)cc3)nc2)cc1. The van der Waals surface area contributed by atoms with Gasteiger partial charge in [-0.3, -0.25) is 9.59 Å². The van der Waals surface area contributed by atoms with Crippen molar-refractivity contribution >= 4 is 23.2 Å². The van der Waals surface area contributed by atoms with E-state index in [0.29, 0.717) is 17.1 Å². The first-order chi connectivity index (χ1) is 22.7. The molecule has 0 bridgehead atoms. The van der Waals surface area contributed by atoms with E-state index in [4.69, 9.17) is 4.74 Å². The second-order valence-electron chi connectivity index (χ2n) is 13.3. The van der Waals surface area contributed by atoms with Gasteiger partial charge in [-0.05, 0) is 47.2 Å². The highest BCUT2D eigenvalue weighted by molar-refractivity contribution is 7.14. The lowest BCUT2D eigenvalue weighted by atomic mass is 9.95. The van der Waals surface area contributed by atoms with Crippen molar-refractivity contribution in [1.82, 2.24) is 25.9 Å². The van der Waals surface area contributed by atoms with Crippen LogP contribution in [0.15, 0.2) is 73.1 Å². The van der Waals surface area contributed by atoms with Gasteiger partial charge in [0.15, 0.2) is 5.82 Å². The van der Waals surface area contributed by atoms with Crippen LogP contribution in [0.4, 0.5) is 0 Å². The number of nitrogens with one attached hydrogen (secondary N) is 3. The van der Waals surface area contributed by atoms with E-state index in [2.05, 4.69) is 53.6 Å². The third-order valence-electron chi connectivity index (χ3n) is 8.33. The van der Waals surface area contributed by atoms with E-state index < -0.39 is 6.04 Å². The van der Waals surface area contributed by atoms with E-state index in [-0.39, 0.29) is 23.3 Å². The van der Waals surface area contributed by atoms with Gasteiger partial charge in [0, 0.05) is 47.9 Å². The summed E-state index contributed by atoms with van der Waals surface area (Å²) in [4.78, 5) is 37.4. The van der Waals surface area contributed by atoms with Crippen molar-refractivity contribution in [3.05, 3.63) is 88.4 Å². The number of nitrogens with zero attached hydrogens (tertiary/aromatic N) is 2. The van der Waals surface area contributed by atoms with E-state index in [0.717, 1.165) is 59.0 Å². The molecule has 5 rings (SSSR count). The summed E-state index contributed by atoms with van der Waals surface area (Å²) in [5.74, 6) is 1.09. The Morgan fingerprint density at radius 1 is 0.894 bits per heavy atom. The largest absolute Gasteiger partial charge is 0.494 e. The van der Waals surface area contributed by atoms with Gasteiger partial charge in [0.1, 0.15) is 11.8 Å². The lowest BCUT2D eigenvalue weighted by Crippen LogP contribution is -2.60. The van der Waals surface area contributed by atoms with Crippen LogP contribution in [0.25, 0.3) is 22.5 Å². The first kappa shape index (κ1) is 34.3. The number of benzene rings is 2. The molecule has 4 aromatic rings. The van der Waals surface area contributed by atoms with Gasteiger partial charge >= 0.3 is 0 Å². The van der Waals surface area contributed by atoms with Gasteiger partial charge in [-0.2, -0.15) is 0 Å². The van der Waals surface area contributed by atoms with Gasteiger partial charge in [0.05, 0.1) is 17.5 Å². The molecule has 0 aliphatic carbocycles. The predicted molar refractivity (Wildman–Crippen MR) is 190 cm³/mol. The zero-order chi connectivity index (χ0) is 33.2. The fraction of sp³-hybridized carbons (Fsp3) is 0.421. The summed E-state index contributed by atoms with van der Waals surface area (Å²) in [6.45, 7) is 10.8. The standard InChI is InChI=1S/C38H47N5O3S/c1-5-6-7-8-9-20-46-31-16-14-27(15-17-31)29-22-40-35(41-23-29)28-12-10-26(11-13-28)21-32(36(44)42-30-24-39-25-30)43-37(45)33-18-19-34(47-33)38(2,3)4/h10-19,22-23,30,32,39H,5-9,20-21,24-25H2,1-4H3,(H,42,44)(H,43,45). The summed E-state index contributed by atoms with van der Waals surface area (Å²) in [7, 11) is 0. The molecule has 1 aliphatic heterocycles. The molecule has 0 radical (unpaired) electrons. The molecule has 1 aliphatic rings. The number of carbonyl (C=O) groups is 2. The normalized spacial score (nSPS) is 13.9. The molecule has 248 valence electrons. The fourth-order valence-corrected chi connectivity index (χ4v) is 6.25. The number of unbranched alkanes of at least 4 members (excludes halogenated alkanes) is 4. The van der Waals surface area contributed by atoms with Gasteiger partial charge in [-0.15, -0.1) is 11.3 Å². The highest BCUT2D eigenvalue weighted by Gasteiger charge is 2.27. The number of ether oxygens (including phenoxy) is 1. The van der Waals surface area contributed by atoms with Crippen molar-refractivity contribution in [3.63, 3.8) is 0 Å². The lowest BCUT2D eigenvalue weighted by molar-refractivity contribution is -0.124. The van der Waals surface area contributed by atoms with Gasteiger partial charge in [0.2, 0.25) is 5.91 Å². The zero-order valence-corrected chi connectivity index (χ0v) is 28.8. The average molecular weight is 654 g/mol. The molecule has 9 heteroatoms. The van der Waals surface area contributed by atoms with Crippen molar-refractivity contribution in [2.75, 3.05) is 19.7 Å². The van der Waals surface area contributed by atoms with E-state index in [1.807, 2.05) is 73.1 Å². The number of aromatic nitrogens is 2. The number of amides is 2. The third kappa shape index (κ3) is 9.72. The smallest absolute Gasteiger partial charge is 0.262 e. The Morgan fingerprint density at radius 3 is 2.19 bits per heavy atom. The highest BCUT2D eigenvalue weighted by atomic mass is 32.1. The number of hydrogen-bond donors (Lipinski definition) is 3. The summed E-state index contributed by atoms with van der Waals surface area (Å²) in [5, 5.41) is 9.23. The van der Waals surface area contributed by atoms with Crippen LogP contribution in [-0.4, -0.2) is 53.6 Å². The molecule has 0 saturated carbocycles. The molecule has 8 nitrogen and oxygen atoms in total.